The lowest BCUT2D eigenvalue weighted by Crippen LogP contribution is -1.99. The molecule has 0 fully saturated rings. The van der Waals surface area contributed by atoms with Gasteiger partial charge < -0.3 is 14.2 Å². The third-order valence-electron chi connectivity index (χ3n) is 4.54. The molecule has 0 unspecified atom stereocenters. The molecule has 0 radical (unpaired) electrons. The van der Waals surface area contributed by atoms with Crippen molar-refractivity contribution in [3.63, 3.8) is 0 Å². The van der Waals surface area contributed by atoms with Gasteiger partial charge in [0.25, 0.3) is 0 Å². The highest BCUT2D eigenvalue weighted by molar-refractivity contribution is 5.88. The molecule has 5 heteroatoms. The van der Waals surface area contributed by atoms with Crippen molar-refractivity contribution in [2.75, 3.05) is 13.7 Å². The predicted octanol–water partition coefficient (Wildman–Crippen LogP) is 5.68. The SMILES string of the molecule is CCCOc1cc2c(Oc3cc4ccccc4nc3C)ccnc2cc1OC. The van der Waals surface area contributed by atoms with Crippen LogP contribution in [0.3, 0.4) is 0 Å². The van der Waals surface area contributed by atoms with Gasteiger partial charge >= 0.3 is 0 Å². The molecule has 0 saturated carbocycles. The van der Waals surface area contributed by atoms with Crippen molar-refractivity contribution in [2.45, 2.75) is 20.3 Å². The number of para-hydroxylation sites is 1. The Bertz CT molecular complexity index is 1140. The molecule has 0 aliphatic carbocycles. The highest BCUT2D eigenvalue weighted by Gasteiger charge is 2.13. The Hall–Kier alpha value is -3.34. The number of ether oxygens (including phenoxy) is 3. The lowest BCUT2D eigenvalue weighted by Gasteiger charge is -2.14. The summed E-state index contributed by atoms with van der Waals surface area (Å²) in [5.41, 5.74) is 2.57. The molecule has 28 heavy (non-hydrogen) atoms. The molecule has 5 nitrogen and oxygen atoms in total. The Balaban J connectivity index is 1.79. The minimum absolute atomic E-state index is 0.617. The van der Waals surface area contributed by atoms with E-state index in [9.17, 15) is 0 Å². The van der Waals surface area contributed by atoms with Crippen LogP contribution in [0.2, 0.25) is 0 Å². The van der Waals surface area contributed by atoms with Crippen LogP contribution < -0.4 is 14.2 Å². The van der Waals surface area contributed by atoms with Gasteiger partial charge in [0.05, 0.1) is 30.4 Å². The Morgan fingerprint density at radius 1 is 0.893 bits per heavy atom. The van der Waals surface area contributed by atoms with Crippen molar-refractivity contribution in [3.05, 3.63) is 60.4 Å². The standard InChI is InChI=1S/C23H22N2O3/c1-4-11-27-23-13-17-19(14-22(23)26-3)24-10-9-20(17)28-21-12-16-7-5-6-8-18(16)25-15(21)2/h5-10,12-14H,4,11H2,1-3H3. The van der Waals surface area contributed by atoms with Gasteiger partial charge in [-0.15, -0.1) is 0 Å². The first kappa shape index (κ1) is 18.0. The molecule has 0 atom stereocenters. The van der Waals surface area contributed by atoms with Crippen LogP contribution in [-0.4, -0.2) is 23.7 Å². The fraction of sp³-hybridized carbons (Fsp3) is 0.217. The first-order chi connectivity index (χ1) is 13.7. The number of aryl methyl sites for hydroxylation is 1. The summed E-state index contributed by atoms with van der Waals surface area (Å²) in [5.74, 6) is 2.77. The topological polar surface area (TPSA) is 53.5 Å². The molecule has 2 aromatic heterocycles. The number of benzene rings is 2. The molecule has 4 aromatic rings. The zero-order chi connectivity index (χ0) is 19.5. The number of hydrogen-bond donors (Lipinski definition) is 0. The van der Waals surface area contributed by atoms with E-state index in [0.29, 0.717) is 23.9 Å². The van der Waals surface area contributed by atoms with Crippen molar-refractivity contribution in [1.29, 1.82) is 0 Å². The highest BCUT2D eigenvalue weighted by atomic mass is 16.5. The number of fused-ring (bicyclic) bond motifs is 2. The third-order valence-corrected chi connectivity index (χ3v) is 4.54. The van der Waals surface area contributed by atoms with Crippen LogP contribution in [-0.2, 0) is 0 Å². The average Bonchev–Trinajstić information content (AvgIpc) is 2.72. The maximum atomic E-state index is 6.26. The smallest absolute Gasteiger partial charge is 0.162 e. The summed E-state index contributed by atoms with van der Waals surface area (Å²) >= 11 is 0. The maximum absolute atomic E-state index is 6.26. The quantitative estimate of drug-likeness (QED) is 0.434. The molecule has 0 aliphatic rings. The van der Waals surface area contributed by atoms with Gasteiger partial charge in [0.2, 0.25) is 0 Å². The van der Waals surface area contributed by atoms with E-state index in [1.807, 2.05) is 55.5 Å². The minimum atomic E-state index is 0.617. The second-order valence-corrected chi connectivity index (χ2v) is 6.54. The Morgan fingerprint density at radius 3 is 2.57 bits per heavy atom. The first-order valence-corrected chi connectivity index (χ1v) is 9.33. The lowest BCUT2D eigenvalue weighted by atomic mass is 10.1. The number of hydrogen-bond acceptors (Lipinski definition) is 5. The molecule has 2 heterocycles. The van der Waals surface area contributed by atoms with E-state index in [0.717, 1.165) is 39.7 Å². The van der Waals surface area contributed by atoms with E-state index in [1.54, 1.807) is 13.3 Å². The minimum Gasteiger partial charge on any atom is -0.493 e. The number of nitrogens with zero attached hydrogens (tertiary/aromatic N) is 2. The second-order valence-electron chi connectivity index (χ2n) is 6.54. The third kappa shape index (κ3) is 3.43. The molecular weight excluding hydrogens is 352 g/mol. The van der Waals surface area contributed by atoms with Crippen LogP contribution in [0.5, 0.6) is 23.0 Å². The Morgan fingerprint density at radius 2 is 1.75 bits per heavy atom. The number of rotatable bonds is 6. The van der Waals surface area contributed by atoms with Gasteiger partial charge in [-0.3, -0.25) is 4.98 Å². The van der Waals surface area contributed by atoms with E-state index in [2.05, 4.69) is 16.9 Å². The van der Waals surface area contributed by atoms with Crippen LogP contribution in [0.4, 0.5) is 0 Å². The molecule has 0 saturated heterocycles. The van der Waals surface area contributed by atoms with Crippen LogP contribution in [0.1, 0.15) is 19.0 Å². The van der Waals surface area contributed by atoms with E-state index in [4.69, 9.17) is 14.2 Å². The molecule has 0 bridgehead atoms. The zero-order valence-corrected chi connectivity index (χ0v) is 16.2. The first-order valence-electron chi connectivity index (χ1n) is 9.33. The number of pyridine rings is 2. The summed E-state index contributed by atoms with van der Waals surface area (Å²) in [4.78, 5) is 9.11. The lowest BCUT2D eigenvalue weighted by molar-refractivity contribution is 0.295. The van der Waals surface area contributed by atoms with Crippen molar-refractivity contribution >= 4 is 21.8 Å². The maximum Gasteiger partial charge on any atom is 0.162 e. The van der Waals surface area contributed by atoms with Gasteiger partial charge in [0.15, 0.2) is 11.5 Å². The summed E-state index contributed by atoms with van der Waals surface area (Å²) in [6.07, 6.45) is 2.65. The largest absolute Gasteiger partial charge is 0.493 e. The van der Waals surface area contributed by atoms with Gasteiger partial charge in [0.1, 0.15) is 11.5 Å². The Labute approximate surface area is 163 Å². The monoisotopic (exact) mass is 374 g/mol. The molecule has 0 spiro atoms. The average molecular weight is 374 g/mol. The summed E-state index contributed by atoms with van der Waals surface area (Å²) in [6.45, 7) is 4.63. The normalized spacial score (nSPS) is 11.0. The van der Waals surface area contributed by atoms with E-state index in [1.165, 1.54) is 0 Å². The Kier molecular flexibility index (Phi) is 4.98. The molecule has 0 N–H and O–H groups in total. The van der Waals surface area contributed by atoms with Crippen LogP contribution in [0.25, 0.3) is 21.8 Å². The van der Waals surface area contributed by atoms with E-state index in [-0.39, 0.29) is 0 Å². The van der Waals surface area contributed by atoms with Crippen molar-refractivity contribution in [1.82, 2.24) is 9.97 Å². The van der Waals surface area contributed by atoms with Crippen LogP contribution in [0, 0.1) is 6.92 Å². The van der Waals surface area contributed by atoms with Crippen LogP contribution in [0.15, 0.2) is 54.7 Å². The highest BCUT2D eigenvalue weighted by Crippen LogP contribution is 2.38. The van der Waals surface area contributed by atoms with Crippen molar-refractivity contribution in [2.24, 2.45) is 0 Å². The molecular formula is C23H22N2O3. The second kappa shape index (κ2) is 7.72. The molecule has 4 rings (SSSR count). The molecule has 0 aliphatic heterocycles. The molecule has 142 valence electrons. The zero-order valence-electron chi connectivity index (χ0n) is 16.2. The molecule has 2 aromatic carbocycles. The van der Waals surface area contributed by atoms with Gasteiger partial charge in [-0.2, -0.15) is 0 Å². The van der Waals surface area contributed by atoms with Crippen LogP contribution >= 0.6 is 0 Å². The summed E-state index contributed by atoms with van der Waals surface area (Å²) in [7, 11) is 1.63. The fourth-order valence-electron chi connectivity index (χ4n) is 3.12. The molecule has 0 amide bonds. The number of methoxy groups -OCH3 is 1. The van der Waals surface area contributed by atoms with Gasteiger partial charge in [-0.1, -0.05) is 25.1 Å². The van der Waals surface area contributed by atoms with Crippen molar-refractivity contribution in [3.8, 4) is 23.0 Å². The van der Waals surface area contributed by atoms with Gasteiger partial charge in [-0.05, 0) is 37.6 Å². The van der Waals surface area contributed by atoms with Gasteiger partial charge in [0, 0.05) is 23.0 Å². The fourth-order valence-corrected chi connectivity index (χ4v) is 3.12. The van der Waals surface area contributed by atoms with E-state index >= 15 is 0 Å². The predicted molar refractivity (Wildman–Crippen MR) is 111 cm³/mol. The van der Waals surface area contributed by atoms with Gasteiger partial charge in [-0.25, -0.2) is 4.98 Å². The number of aromatic nitrogens is 2. The summed E-state index contributed by atoms with van der Waals surface area (Å²) in [5, 5.41) is 1.90. The van der Waals surface area contributed by atoms with Crippen molar-refractivity contribution < 1.29 is 14.2 Å². The summed E-state index contributed by atoms with van der Waals surface area (Å²) in [6, 6.07) is 15.7. The summed E-state index contributed by atoms with van der Waals surface area (Å²) < 4.78 is 17.6. The van der Waals surface area contributed by atoms with E-state index < -0.39 is 0 Å².